The van der Waals surface area contributed by atoms with Crippen LogP contribution in [0, 0.1) is 5.92 Å². The lowest BCUT2D eigenvalue weighted by molar-refractivity contribution is -0.138. The molecular formula is C20H25F3N3O5P. The SMILES string of the molecule is CCC1=CC(C(COP(=O)(O)O)C(=O)N2CCC(c3ccc(C(F)(F)F)cc3)CC2)N=N1. The molecule has 2 N–H and O–H groups in total. The molecule has 2 unspecified atom stereocenters. The van der Waals surface area contributed by atoms with Crippen molar-refractivity contribution >= 4 is 13.7 Å². The third kappa shape index (κ3) is 6.25. The van der Waals surface area contributed by atoms with E-state index in [0.717, 1.165) is 17.7 Å². The van der Waals surface area contributed by atoms with Crippen molar-refractivity contribution in [3.05, 3.63) is 47.2 Å². The molecule has 0 radical (unpaired) electrons. The maximum absolute atomic E-state index is 13.1. The molecule has 1 fully saturated rings. The molecule has 176 valence electrons. The van der Waals surface area contributed by atoms with E-state index in [0.29, 0.717) is 38.0 Å². The lowest BCUT2D eigenvalue weighted by atomic mass is 9.88. The smallest absolute Gasteiger partial charge is 0.342 e. The second kappa shape index (κ2) is 9.82. The van der Waals surface area contributed by atoms with Crippen LogP contribution in [0.4, 0.5) is 13.2 Å². The van der Waals surface area contributed by atoms with Crippen molar-refractivity contribution < 1.29 is 36.8 Å². The topological polar surface area (TPSA) is 112 Å². The first-order valence-electron chi connectivity index (χ1n) is 10.3. The third-order valence-corrected chi connectivity index (χ3v) is 6.20. The number of carbonyl (C=O) groups excluding carboxylic acids is 1. The molecule has 0 bridgehead atoms. The monoisotopic (exact) mass is 475 g/mol. The molecule has 0 aliphatic carbocycles. The van der Waals surface area contributed by atoms with E-state index in [-0.39, 0.29) is 11.8 Å². The second-order valence-electron chi connectivity index (χ2n) is 7.83. The first kappa shape index (κ1) is 24.6. The zero-order chi connectivity index (χ0) is 23.5. The van der Waals surface area contributed by atoms with Gasteiger partial charge in [-0.2, -0.15) is 23.4 Å². The summed E-state index contributed by atoms with van der Waals surface area (Å²) in [6.07, 6.45) is -0.960. The van der Waals surface area contributed by atoms with Crippen molar-refractivity contribution in [2.24, 2.45) is 16.1 Å². The molecule has 1 saturated heterocycles. The minimum absolute atomic E-state index is 0.0175. The minimum atomic E-state index is -4.77. The Labute approximate surface area is 183 Å². The van der Waals surface area contributed by atoms with Gasteiger partial charge in [0.25, 0.3) is 0 Å². The van der Waals surface area contributed by atoms with Crippen molar-refractivity contribution in [1.82, 2.24) is 4.90 Å². The number of halogens is 3. The number of likely N-dealkylation sites (tertiary alicyclic amines) is 1. The molecule has 32 heavy (non-hydrogen) atoms. The molecule has 1 aromatic carbocycles. The molecular weight excluding hydrogens is 450 g/mol. The number of hydrogen-bond donors (Lipinski definition) is 2. The largest absolute Gasteiger partial charge is 0.469 e. The number of phosphoric acid groups is 1. The van der Waals surface area contributed by atoms with Crippen LogP contribution in [0.5, 0.6) is 0 Å². The van der Waals surface area contributed by atoms with Gasteiger partial charge >= 0.3 is 14.0 Å². The molecule has 0 saturated carbocycles. The van der Waals surface area contributed by atoms with Crippen LogP contribution in [0.3, 0.4) is 0 Å². The fourth-order valence-corrected chi connectivity index (χ4v) is 4.25. The van der Waals surface area contributed by atoms with Crippen molar-refractivity contribution in [1.29, 1.82) is 0 Å². The van der Waals surface area contributed by atoms with Crippen LogP contribution in [0.2, 0.25) is 0 Å². The van der Waals surface area contributed by atoms with Gasteiger partial charge in [0.15, 0.2) is 0 Å². The summed E-state index contributed by atoms with van der Waals surface area (Å²) in [5, 5.41) is 8.05. The van der Waals surface area contributed by atoms with Crippen LogP contribution in [0.25, 0.3) is 0 Å². The van der Waals surface area contributed by atoms with E-state index in [9.17, 15) is 22.5 Å². The second-order valence-corrected chi connectivity index (χ2v) is 9.07. The van der Waals surface area contributed by atoms with Gasteiger partial charge in [-0.3, -0.25) is 9.32 Å². The molecule has 2 aliphatic heterocycles. The van der Waals surface area contributed by atoms with Crippen LogP contribution in [-0.2, 0) is 20.1 Å². The average Bonchev–Trinajstić information content (AvgIpc) is 3.21. The van der Waals surface area contributed by atoms with E-state index in [2.05, 4.69) is 14.8 Å². The first-order valence-corrected chi connectivity index (χ1v) is 11.8. The van der Waals surface area contributed by atoms with E-state index >= 15 is 0 Å². The highest BCUT2D eigenvalue weighted by Gasteiger charge is 2.37. The Kier molecular flexibility index (Phi) is 7.54. The summed E-state index contributed by atoms with van der Waals surface area (Å²) in [4.78, 5) is 32.8. The summed E-state index contributed by atoms with van der Waals surface area (Å²) in [6.45, 7) is 2.11. The molecule has 2 aliphatic rings. The molecule has 8 nitrogen and oxygen atoms in total. The number of phosphoric ester groups is 1. The van der Waals surface area contributed by atoms with Crippen molar-refractivity contribution in [3.8, 4) is 0 Å². The summed E-state index contributed by atoms with van der Waals surface area (Å²) in [7, 11) is -4.77. The van der Waals surface area contributed by atoms with Crippen LogP contribution < -0.4 is 0 Å². The molecule has 2 heterocycles. The lowest BCUT2D eigenvalue weighted by Gasteiger charge is -2.35. The average molecular weight is 475 g/mol. The third-order valence-electron chi connectivity index (χ3n) is 5.71. The lowest BCUT2D eigenvalue weighted by Crippen LogP contribution is -2.45. The number of benzene rings is 1. The van der Waals surface area contributed by atoms with Crippen molar-refractivity contribution in [2.75, 3.05) is 19.7 Å². The molecule has 12 heteroatoms. The maximum Gasteiger partial charge on any atom is 0.469 e. The molecule has 1 aromatic rings. The van der Waals surface area contributed by atoms with E-state index in [1.165, 1.54) is 12.1 Å². The maximum atomic E-state index is 13.1. The highest BCUT2D eigenvalue weighted by atomic mass is 31.2. The molecule has 3 rings (SSSR count). The number of nitrogens with zero attached hydrogens (tertiary/aromatic N) is 3. The number of hydrogen-bond acceptors (Lipinski definition) is 5. The van der Waals surface area contributed by atoms with Gasteiger partial charge in [-0.25, -0.2) is 4.57 Å². The Hall–Kier alpha value is -2.07. The number of alkyl halides is 3. The Morgan fingerprint density at radius 1 is 1.25 bits per heavy atom. The van der Waals surface area contributed by atoms with Crippen LogP contribution in [0.1, 0.15) is 43.2 Å². The van der Waals surface area contributed by atoms with Gasteiger partial charge in [0, 0.05) is 13.1 Å². The highest BCUT2D eigenvalue weighted by molar-refractivity contribution is 7.46. The normalized spacial score (nSPS) is 21.0. The molecule has 0 spiro atoms. The van der Waals surface area contributed by atoms with E-state index in [1.54, 1.807) is 11.0 Å². The van der Waals surface area contributed by atoms with Gasteiger partial charge in [-0.15, -0.1) is 0 Å². The number of amides is 1. The van der Waals surface area contributed by atoms with E-state index in [4.69, 9.17) is 9.79 Å². The molecule has 0 aromatic heterocycles. The summed E-state index contributed by atoms with van der Waals surface area (Å²) < 4.78 is 54.1. The Morgan fingerprint density at radius 3 is 2.38 bits per heavy atom. The van der Waals surface area contributed by atoms with Crippen molar-refractivity contribution in [3.63, 3.8) is 0 Å². The van der Waals surface area contributed by atoms with E-state index < -0.39 is 38.1 Å². The fraction of sp³-hybridized carbons (Fsp3) is 0.550. The van der Waals surface area contributed by atoms with Crippen LogP contribution >= 0.6 is 7.82 Å². The zero-order valence-electron chi connectivity index (χ0n) is 17.4. The van der Waals surface area contributed by atoms with E-state index in [1.807, 2.05) is 6.92 Å². The van der Waals surface area contributed by atoms with Gasteiger partial charge in [0.1, 0.15) is 6.04 Å². The predicted molar refractivity (Wildman–Crippen MR) is 109 cm³/mol. The van der Waals surface area contributed by atoms with Gasteiger partial charge in [0.05, 0.1) is 23.8 Å². The van der Waals surface area contributed by atoms with Crippen LogP contribution in [-0.4, -0.2) is 46.3 Å². The summed E-state index contributed by atoms with van der Waals surface area (Å²) >= 11 is 0. The van der Waals surface area contributed by atoms with Gasteiger partial charge in [0.2, 0.25) is 5.91 Å². The number of carbonyl (C=O) groups is 1. The van der Waals surface area contributed by atoms with Crippen LogP contribution in [0.15, 0.2) is 46.3 Å². The Balaban J connectivity index is 1.65. The standard InChI is InChI=1S/C20H25F3N3O5P/c1-2-16-11-18(25-24-16)17(12-31-32(28,29)30)19(27)26-9-7-14(8-10-26)13-3-5-15(6-4-13)20(21,22)23/h3-6,11,14,17-18H,2,7-10,12H2,1H3,(H2,28,29,30). The summed E-state index contributed by atoms with van der Waals surface area (Å²) in [6, 6.07) is 4.39. The number of rotatable bonds is 7. The predicted octanol–water partition coefficient (Wildman–Crippen LogP) is 4.27. The minimum Gasteiger partial charge on any atom is -0.342 e. The number of azo groups is 1. The van der Waals surface area contributed by atoms with Gasteiger partial charge < -0.3 is 14.7 Å². The summed E-state index contributed by atoms with van der Waals surface area (Å²) in [5.41, 5.74) is 0.767. The first-order chi connectivity index (χ1) is 15.0. The fourth-order valence-electron chi connectivity index (χ4n) is 3.90. The van der Waals surface area contributed by atoms with Gasteiger partial charge in [-0.05, 0) is 49.0 Å². The molecule has 1 amide bonds. The Bertz CT molecular complexity index is 921. The van der Waals surface area contributed by atoms with Gasteiger partial charge in [-0.1, -0.05) is 19.1 Å². The van der Waals surface area contributed by atoms with Crippen molar-refractivity contribution in [2.45, 2.75) is 44.3 Å². The summed E-state index contributed by atoms with van der Waals surface area (Å²) in [5.74, 6) is -1.26. The quantitative estimate of drug-likeness (QED) is 0.573. The Morgan fingerprint density at radius 2 is 1.88 bits per heavy atom. The highest BCUT2D eigenvalue weighted by Crippen LogP contribution is 2.38. The molecule has 2 atom stereocenters. The number of piperidine rings is 1. The number of allylic oxidation sites excluding steroid dienone is 1. The zero-order valence-corrected chi connectivity index (χ0v) is 18.3.